The van der Waals surface area contributed by atoms with Gasteiger partial charge in [-0.2, -0.15) is 0 Å². The lowest BCUT2D eigenvalue weighted by Gasteiger charge is -2.32. The molecule has 0 radical (unpaired) electrons. The minimum absolute atomic E-state index is 0.113. The molecule has 0 unspecified atom stereocenters. The molecule has 0 spiro atoms. The molecule has 1 saturated heterocycles. The van der Waals surface area contributed by atoms with Gasteiger partial charge in [0.05, 0.1) is 0 Å². The summed E-state index contributed by atoms with van der Waals surface area (Å²) in [6, 6.07) is 8.28. The van der Waals surface area contributed by atoms with E-state index in [4.69, 9.17) is 0 Å². The van der Waals surface area contributed by atoms with E-state index in [1.165, 1.54) is 0 Å². The molecule has 2 aliphatic rings. The number of carbonyl (C=O) groups excluding carboxylic acids is 2. The number of rotatable bonds is 6. The van der Waals surface area contributed by atoms with Gasteiger partial charge in [0.25, 0.3) is 0 Å². The lowest BCUT2D eigenvalue weighted by molar-refractivity contribution is -0.133. The number of hydrogen-bond acceptors (Lipinski definition) is 3. The van der Waals surface area contributed by atoms with Crippen LogP contribution in [-0.2, 0) is 9.59 Å². The molecule has 0 bridgehead atoms. The van der Waals surface area contributed by atoms with Crippen molar-refractivity contribution in [1.82, 2.24) is 10.2 Å². The zero-order chi connectivity index (χ0) is 16.9. The molecular weight excluding hydrogens is 388 g/mol. The first kappa shape index (κ1) is 17.8. The Morgan fingerprint density at radius 1 is 1.17 bits per heavy atom. The van der Waals surface area contributed by atoms with Crippen molar-refractivity contribution in [2.45, 2.75) is 43.0 Å². The fourth-order valence-corrected chi connectivity index (χ4v) is 4.46. The Balaban J connectivity index is 1.34. The predicted octanol–water partition coefficient (Wildman–Crippen LogP) is 3.45. The van der Waals surface area contributed by atoms with Crippen LogP contribution in [0.3, 0.4) is 0 Å². The molecule has 2 fully saturated rings. The second kappa shape index (κ2) is 8.39. The van der Waals surface area contributed by atoms with Crippen LogP contribution in [0.5, 0.6) is 0 Å². The minimum Gasteiger partial charge on any atom is -0.353 e. The van der Waals surface area contributed by atoms with Gasteiger partial charge in [-0.25, -0.2) is 0 Å². The lowest BCUT2D eigenvalue weighted by atomic mass is 10.0. The topological polar surface area (TPSA) is 49.4 Å². The Hall–Kier alpha value is -1.01. The van der Waals surface area contributed by atoms with Crippen LogP contribution in [0.1, 0.15) is 32.1 Å². The normalized spacial score (nSPS) is 18.5. The first-order valence-electron chi connectivity index (χ1n) is 8.59. The molecule has 3 rings (SSSR count). The maximum absolute atomic E-state index is 12.1. The fourth-order valence-electron chi connectivity index (χ4n) is 2.95. The maximum atomic E-state index is 12.1. The summed E-state index contributed by atoms with van der Waals surface area (Å²) in [6.45, 7) is 1.57. The smallest absolute Gasteiger partial charge is 0.225 e. The van der Waals surface area contributed by atoms with Crippen molar-refractivity contribution in [2.75, 3.05) is 18.8 Å². The van der Waals surface area contributed by atoms with E-state index in [0.717, 1.165) is 53.9 Å². The lowest BCUT2D eigenvalue weighted by Crippen LogP contribution is -2.47. The molecule has 1 N–H and O–H groups in total. The van der Waals surface area contributed by atoms with Gasteiger partial charge in [-0.3, -0.25) is 9.59 Å². The standard InChI is InChI=1S/C18H23BrN2O2S/c19-15-3-1-2-4-16(15)24-12-9-17(22)20-14-7-10-21(11-8-14)18(23)13-5-6-13/h1-4,13-14H,5-12H2,(H,20,22). The molecule has 1 aliphatic heterocycles. The first-order chi connectivity index (χ1) is 11.6. The summed E-state index contributed by atoms with van der Waals surface area (Å²) >= 11 is 5.21. The highest BCUT2D eigenvalue weighted by atomic mass is 79.9. The zero-order valence-electron chi connectivity index (χ0n) is 13.7. The van der Waals surface area contributed by atoms with Crippen LogP contribution >= 0.6 is 27.7 Å². The van der Waals surface area contributed by atoms with E-state index >= 15 is 0 Å². The average Bonchev–Trinajstić information content (AvgIpc) is 3.42. The Morgan fingerprint density at radius 2 is 1.88 bits per heavy atom. The van der Waals surface area contributed by atoms with Crippen molar-refractivity contribution in [3.05, 3.63) is 28.7 Å². The summed E-state index contributed by atoms with van der Waals surface area (Å²) in [5.41, 5.74) is 0. The summed E-state index contributed by atoms with van der Waals surface area (Å²) in [7, 11) is 0. The molecule has 2 amide bonds. The third-order valence-electron chi connectivity index (χ3n) is 4.52. The highest BCUT2D eigenvalue weighted by Crippen LogP contribution is 2.32. The van der Waals surface area contributed by atoms with Crippen LogP contribution in [0, 0.1) is 5.92 Å². The molecule has 0 aromatic heterocycles. The Morgan fingerprint density at radius 3 is 2.54 bits per heavy atom. The van der Waals surface area contributed by atoms with E-state index in [0.29, 0.717) is 18.2 Å². The van der Waals surface area contributed by atoms with Gasteiger partial charge in [0, 0.05) is 46.6 Å². The van der Waals surface area contributed by atoms with Crippen LogP contribution in [0.25, 0.3) is 0 Å². The van der Waals surface area contributed by atoms with Crippen molar-refractivity contribution in [3.8, 4) is 0 Å². The highest BCUT2D eigenvalue weighted by molar-refractivity contribution is 9.10. The van der Waals surface area contributed by atoms with Gasteiger partial charge in [-0.1, -0.05) is 12.1 Å². The van der Waals surface area contributed by atoms with Crippen molar-refractivity contribution in [1.29, 1.82) is 0 Å². The summed E-state index contributed by atoms with van der Waals surface area (Å²) in [4.78, 5) is 27.3. The van der Waals surface area contributed by atoms with Gasteiger partial charge in [0.15, 0.2) is 0 Å². The van der Waals surface area contributed by atoms with Crippen LogP contribution in [-0.4, -0.2) is 41.6 Å². The van der Waals surface area contributed by atoms with Crippen molar-refractivity contribution >= 4 is 39.5 Å². The number of piperidine rings is 1. The van der Waals surface area contributed by atoms with E-state index in [-0.39, 0.29) is 11.9 Å². The zero-order valence-corrected chi connectivity index (χ0v) is 16.1. The fraction of sp³-hybridized carbons (Fsp3) is 0.556. The van der Waals surface area contributed by atoms with Gasteiger partial charge in [0.1, 0.15) is 0 Å². The molecule has 0 atom stereocenters. The van der Waals surface area contributed by atoms with E-state index in [2.05, 4.69) is 27.3 Å². The SMILES string of the molecule is O=C(CCSc1ccccc1Br)NC1CCN(C(=O)C2CC2)CC1. The number of nitrogens with zero attached hydrogens (tertiary/aromatic N) is 1. The number of likely N-dealkylation sites (tertiary alicyclic amines) is 1. The summed E-state index contributed by atoms with van der Waals surface area (Å²) in [5, 5.41) is 3.12. The number of carbonyl (C=O) groups is 2. The second-order valence-corrected chi connectivity index (χ2v) is 8.46. The van der Waals surface area contributed by atoms with Gasteiger partial charge in [0.2, 0.25) is 11.8 Å². The molecule has 1 aliphatic carbocycles. The summed E-state index contributed by atoms with van der Waals surface area (Å²) in [5.74, 6) is 1.50. The number of benzene rings is 1. The van der Waals surface area contributed by atoms with E-state index in [9.17, 15) is 9.59 Å². The number of halogens is 1. The van der Waals surface area contributed by atoms with Crippen LogP contribution in [0.4, 0.5) is 0 Å². The Labute approximate surface area is 155 Å². The predicted molar refractivity (Wildman–Crippen MR) is 100.0 cm³/mol. The quantitative estimate of drug-likeness (QED) is 0.730. The van der Waals surface area contributed by atoms with Gasteiger partial charge < -0.3 is 10.2 Å². The summed E-state index contributed by atoms with van der Waals surface area (Å²) < 4.78 is 1.07. The molecule has 1 aromatic carbocycles. The van der Waals surface area contributed by atoms with Gasteiger partial charge in [-0.05, 0) is 53.7 Å². The maximum Gasteiger partial charge on any atom is 0.225 e. The van der Waals surface area contributed by atoms with Crippen molar-refractivity contribution < 1.29 is 9.59 Å². The molecule has 4 nitrogen and oxygen atoms in total. The highest BCUT2D eigenvalue weighted by Gasteiger charge is 2.35. The molecular formula is C18H23BrN2O2S. The first-order valence-corrected chi connectivity index (χ1v) is 10.4. The third-order valence-corrected chi connectivity index (χ3v) is 6.55. The Bertz CT molecular complexity index is 598. The van der Waals surface area contributed by atoms with Crippen molar-refractivity contribution in [2.24, 2.45) is 5.92 Å². The molecule has 24 heavy (non-hydrogen) atoms. The Kier molecular flexibility index (Phi) is 6.22. The molecule has 1 heterocycles. The number of nitrogens with one attached hydrogen (secondary N) is 1. The van der Waals surface area contributed by atoms with E-state index in [1.807, 2.05) is 23.1 Å². The largest absolute Gasteiger partial charge is 0.353 e. The molecule has 1 saturated carbocycles. The molecule has 130 valence electrons. The van der Waals surface area contributed by atoms with E-state index < -0.39 is 0 Å². The molecule has 1 aromatic rings. The molecule has 6 heteroatoms. The van der Waals surface area contributed by atoms with Crippen molar-refractivity contribution in [3.63, 3.8) is 0 Å². The van der Waals surface area contributed by atoms with Gasteiger partial charge in [-0.15, -0.1) is 11.8 Å². The minimum atomic E-state index is 0.113. The number of amides is 2. The monoisotopic (exact) mass is 410 g/mol. The second-order valence-electron chi connectivity index (χ2n) is 6.47. The van der Waals surface area contributed by atoms with E-state index in [1.54, 1.807) is 11.8 Å². The average molecular weight is 411 g/mol. The van der Waals surface area contributed by atoms with Gasteiger partial charge >= 0.3 is 0 Å². The summed E-state index contributed by atoms with van der Waals surface area (Å²) in [6.07, 6.45) is 4.39. The van der Waals surface area contributed by atoms with Crippen LogP contribution in [0.15, 0.2) is 33.6 Å². The number of thioether (sulfide) groups is 1. The van der Waals surface area contributed by atoms with Crippen LogP contribution < -0.4 is 5.32 Å². The number of hydrogen-bond donors (Lipinski definition) is 1. The van der Waals surface area contributed by atoms with Crippen LogP contribution in [0.2, 0.25) is 0 Å². The third kappa shape index (κ3) is 4.99.